The normalized spacial score (nSPS) is 11.2. The third kappa shape index (κ3) is 3.22. The zero-order chi connectivity index (χ0) is 15.6. The molecule has 0 fully saturated rings. The first-order valence-electron chi connectivity index (χ1n) is 6.06. The lowest BCUT2D eigenvalue weighted by atomic mass is 10.2. The van der Waals surface area contributed by atoms with Gasteiger partial charge in [0.2, 0.25) is 0 Å². The van der Waals surface area contributed by atoms with Crippen molar-refractivity contribution < 1.29 is 13.2 Å². The van der Waals surface area contributed by atoms with Gasteiger partial charge < -0.3 is 10.5 Å². The summed E-state index contributed by atoms with van der Waals surface area (Å²) < 4.78 is 32.3. The van der Waals surface area contributed by atoms with Gasteiger partial charge in [-0.2, -0.15) is 0 Å². The van der Waals surface area contributed by atoms with Crippen molar-refractivity contribution in [2.24, 2.45) is 0 Å². The van der Waals surface area contributed by atoms with E-state index in [1.807, 2.05) is 0 Å². The summed E-state index contributed by atoms with van der Waals surface area (Å²) in [6.45, 7) is 1.66. The first kappa shape index (κ1) is 15.5. The molecule has 0 saturated carbocycles. The number of hydrogen-bond donors (Lipinski definition) is 2. The van der Waals surface area contributed by atoms with E-state index in [2.05, 4.69) is 4.72 Å². The number of rotatable bonds is 4. The van der Waals surface area contributed by atoms with Crippen LogP contribution in [0.25, 0.3) is 0 Å². The lowest BCUT2D eigenvalue weighted by molar-refractivity contribution is 0.415. The Morgan fingerprint density at radius 1 is 1.24 bits per heavy atom. The number of benzene rings is 2. The summed E-state index contributed by atoms with van der Waals surface area (Å²) in [4.78, 5) is 0.134. The highest BCUT2D eigenvalue weighted by molar-refractivity contribution is 7.92. The van der Waals surface area contributed by atoms with Crippen molar-refractivity contribution in [2.75, 3.05) is 17.6 Å². The van der Waals surface area contributed by atoms with Gasteiger partial charge in [0.15, 0.2) is 0 Å². The molecule has 2 rings (SSSR count). The molecule has 0 radical (unpaired) electrons. The molecule has 0 unspecified atom stereocenters. The van der Waals surface area contributed by atoms with E-state index in [9.17, 15) is 8.42 Å². The molecule has 0 amide bonds. The summed E-state index contributed by atoms with van der Waals surface area (Å²) in [6, 6.07) is 9.39. The molecule has 2 aromatic rings. The molecule has 0 aliphatic rings. The highest BCUT2D eigenvalue weighted by atomic mass is 35.5. The van der Waals surface area contributed by atoms with Gasteiger partial charge in [-0.25, -0.2) is 8.42 Å². The van der Waals surface area contributed by atoms with Gasteiger partial charge in [-0.3, -0.25) is 4.72 Å². The fraction of sp³-hybridized carbons (Fsp3) is 0.143. The lowest BCUT2D eigenvalue weighted by Gasteiger charge is -2.12. The maximum absolute atomic E-state index is 12.4. The summed E-state index contributed by atoms with van der Waals surface area (Å²) in [5.74, 6) is 0.472. The van der Waals surface area contributed by atoms with Crippen molar-refractivity contribution in [3.8, 4) is 5.75 Å². The number of sulfonamides is 1. The highest BCUT2D eigenvalue weighted by Crippen LogP contribution is 2.29. The Bertz CT molecular complexity index is 776. The van der Waals surface area contributed by atoms with Crippen LogP contribution in [-0.2, 0) is 10.0 Å². The largest absolute Gasteiger partial charge is 0.495 e. The molecule has 3 N–H and O–H groups in total. The lowest BCUT2D eigenvalue weighted by Crippen LogP contribution is -2.15. The van der Waals surface area contributed by atoms with Crippen molar-refractivity contribution in [3.63, 3.8) is 0 Å². The van der Waals surface area contributed by atoms with Crippen LogP contribution in [0.15, 0.2) is 41.3 Å². The van der Waals surface area contributed by atoms with Crippen molar-refractivity contribution >= 4 is 33.0 Å². The van der Waals surface area contributed by atoms with Gasteiger partial charge in [-0.1, -0.05) is 17.7 Å². The zero-order valence-corrected chi connectivity index (χ0v) is 13.1. The van der Waals surface area contributed by atoms with E-state index < -0.39 is 10.0 Å². The SMILES string of the molecule is COc1ccc(NS(=O)(=O)c2cccc(N)c2C)cc1Cl. The summed E-state index contributed by atoms with van der Waals surface area (Å²) >= 11 is 5.98. The van der Waals surface area contributed by atoms with Gasteiger partial charge in [-0.05, 0) is 42.8 Å². The average molecular weight is 327 g/mol. The van der Waals surface area contributed by atoms with Gasteiger partial charge in [0.1, 0.15) is 5.75 Å². The Balaban J connectivity index is 2.38. The number of halogens is 1. The number of nitrogens with one attached hydrogen (secondary N) is 1. The Labute approximate surface area is 128 Å². The molecule has 0 aliphatic carbocycles. The van der Waals surface area contributed by atoms with Crippen LogP contribution in [0.5, 0.6) is 5.75 Å². The van der Waals surface area contributed by atoms with Crippen LogP contribution >= 0.6 is 11.6 Å². The second kappa shape index (κ2) is 5.83. The molecule has 0 aromatic heterocycles. The quantitative estimate of drug-likeness (QED) is 0.846. The number of anilines is 2. The van der Waals surface area contributed by atoms with Gasteiger partial charge in [0, 0.05) is 5.69 Å². The fourth-order valence-electron chi connectivity index (χ4n) is 1.86. The molecular weight excluding hydrogens is 312 g/mol. The van der Waals surface area contributed by atoms with E-state index in [1.54, 1.807) is 31.2 Å². The molecule has 5 nitrogen and oxygen atoms in total. The van der Waals surface area contributed by atoms with Crippen LogP contribution in [0.3, 0.4) is 0 Å². The molecule has 0 saturated heterocycles. The molecule has 0 bridgehead atoms. The maximum Gasteiger partial charge on any atom is 0.262 e. The monoisotopic (exact) mass is 326 g/mol. The van der Waals surface area contributed by atoms with E-state index >= 15 is 0 Å². The van der Waals surface area contributed by atoms with E-state index in [1.165, 1.54) is 19.2 Å². The number of methoxy groups -OCH3 is 1. The maximum atomic E-state index is 12.4. The van der Waals surface area contributed by atoms with Crippen molar-refractivity contribution in [2.45, 2.75) is 11.8 Å². The minimum absolute atomic E-state index is 0.134. The van der Waals surface area contributed by atoms with E-state index in [4.69, 9.17) is 22.1 Å². The minimum Gasteiger partial charge on any atom is -0.495 e. The second-order valence-electron chi connectivity index (χ2n) is 4.43. The summed E-state index contributed by atoms with van der Waals surface area (Å²) in [5, 5.41) is 0.321. The van der Waals surface area contributed by atoms with E-state index in [0.29, 0.717) is 27.7 Å². The summed E-state index contributed by atoms with van der Waals surface area (Å²) in [5.41, 5.74) is 7.02. The molecule has 7 heteroatoms. The number of ether oxygens (including phenoxy) is 1. The topological polar surface area (TPSA) is 81.4 Å². The van der Waals surface area contributed by atoms with Gasteiger partial charge in [0.05, 0.1) is 22.7 Å². The third-order valence-corrected chi connectivity index (χ3v) is 4.84. The smallest absolute Gasteiger partial charge is 0.262 e. The third-order valence-electron chi connectivity index (χ3n) is 3.02. The average Bonchev–Trinajstić information content (AvgIpc) is 2.41. The fourth-order valence-corrected chi connectivity index (χ4v) is 3.45. The standard InChI is InChI=1S/C14H15ClN2O3S/c1-9-12(16)4-3-5-14(9)21(18,19)17-10-6-7-13(20-2)11(15)8-10/h3-8,17H,16H2,1-2H3. The van der Waals surface area contributed by atoms with E-state index in [-0.39, 0.29) is 4.90 Å². The molecule has 0 heterocycles. The second-order valence-corrected chi connectivity index (χ2v) is 6.48. The number of hydrogen-bond acceptors (Lipinski definition) is 4. The predicted molar refractivity (Wildman–Crippen MR) is 84.4 cm³/mol. The van der Waals surface area contributed by atoms with E-state index in [0.717, 1.165) is 0 Å². The predicted octanol–water partition coefficient (Wildman–Crippen LogP) is 3.04. The molecule has 2 aromatic carbocycles. The van der Waals surface area contributed by atoms with Gasteiger partial charge in [0.25, 0.3) is 10.0 Å². The van der Waals surface area contributed by atoms with Crippen LogP contribution in [0.1, 0.15) is 5.56 Å². The first-order chi connectivity index (χ1) is 9.85. The molecule has 0 spiro atoms. The van der Waals surface area contributed by atoms with Crippen LogP contribution in [0.4, 0.5) is 11.4 Å². The Kier molecular flexibility index (Phi) is 4.29. The molecule has 0 aliphatic heterocycles. The van der Waals surface area contributed by atoms with Crippen molar-refractivity contribution in [1.82, 2.24) is 0 Å². The first-order valence-corrected chi connectivity index (χ1v) is 7.92. The van der Waals surface area contributed by atoms with Crippen LogP contribution in [-0.4, -0.2) is 15.5 Å². The Morgan fingerprint density at radius 2 is 1.95 bits per heavy atom. The van der Waals surface area contributed by atoms with Crippen molar-refractivity contribution in [3.05, 3.63) is 47.0 Å². The minimum atomic E-state index is -3.73. The summed E-state index contributed by atoms with van der Waals surface area (Å²) in [7, 11) is -2.25. The van der Waals surface area contributed by atoms with Crippen LogP contribution in [0, 0.1) is 6.92 Å². The summed E-state index contributed by atoms with van der Waals surface area (Å²) in [6.07, 6.45) is 0. The Hall–Kier alpha value is -1.92. The molecule has 0 atom stereocenters. The van der Waals surface area contributed by atoms with Crippen molar-refractivity contribution in [1.29, 1.82) is 0 Å². The molecule has 21 heavy (non-hydrogen) atoms. The number of nitrogen functional groups attached to an aromatic ring is 1. The van der Waals surface area contributed by atoms with Gasteiger partial charge in [-0.15, -0.1) is 0 Å². The molecular formula is C14H15ClN2O3S. The number of nitrogens with two attached hydrogens (primary N) is 1. The Morgan fingerprint density at radius 3 is 2.57 bits per heavy atom. The highest BCUT2D eigenvalue weighted by Gasteiger charge is 2.18. The zero-order valence-electron chi connectivity index (χ0n) is 11.6. The van der Waals surface area contributed by atoms with Crippen LogP contribution < -0.4 is 15.2 Å². The van der Waals surface area contributed by atoms with Gasteiger partial charge >= 0.3 is 0 Å². The van der Waals surface area contributed by atoms with Crippen LogP contribution in [0.2, 0.25) is 5.02 Å². The molecule has 112 valence electrons.